The summed E-state index contributed by atoms with van der Waals surface area (Å²) in [4.78, 5) is 13.1. The number of Topliss-reactive ketones (excluding diaryl/α,β-unsaturated/α-hetero) is 1. The monoisotopic (exact) mass is 1070 g/mol. The van der Waals surface area contributed by atoms with Crippen LogP contribution in [0.4, 0.5) is 0 Å². The maximum absolute atomic E-state index is 13.1. The highest BCUT2D eigenvalue weighted by Gasteiger charge is 2.63. The Balaban J connectivity index is 1.06. The van der Waals surface area contributed by atoms with E-state index in [1.54, 1.807) is 6.92 Å². The molecule has 24 heteroatoms. The second kappa shape index (κ2) is 22.0. The molecule has 0 amide bonds. The number of aliphatic hydroxyl groups is 10. The zero-order valence-corrected chi connectivity index (χ0v) is 43.3. The van der Waals surface area contributed by atoms with Gasteiger partial charge < -0.3 is 89.0 Å². The number of aliphatic hydroxyl groups excluding tert-OH is 9. The Bertz CT molecular complexity index is 2060. The molecule has 8 rings (SSSR count). The van der Waals surface area contributed by atoms with Crippen LogP contribution in [-0.4, -0.2) is 211 Å². The minimum absolute atomic E-state index is 0.00564. The Hall–Kier alpha value is -1.44. The molecule has 0 spiro atoms. The summed E-state index contributed by atoms with van der Waals surface area (Å²) in [5.41, 5.74) is -1.10. The predicted octanol–water partition coefficient (Wildman–Crippen LogP) is -0.889. The Morgan fingerprint density at radius 3 is 2.01 bits per heavy atom. The third-order valence-electron chi connectivity index (χ3n) is 17.8. The van der Waals surface area contributed by atoms with E-state index in [-0.39, 0.29) is 42.3 Å². The third kappa shape index (κ3) is 11.5. The fourth-order valence-electron chi connectivity index (χ4n) is 14.1. The van der Waals surface area contributed by atoms with Crippen LogP contribution >= 0.6 is 0 Å². The van der Waals surface area contributed by atoms with Gasteiger partial charge in [0, 0.05) is 12.8 Å². The zero-order valence-electron chi connectivity index (χ0n) is 42.5. The van der Waals surface area contributed by atoms with Crippen molar-refractivity contribution >= 4 is 16.2 Å². The van der Waals surface area contributed by atoms with Crippen LogP contribution in [0.5, 0.6) is 0 Å². The largest absolute Gasteiger partial charge is 0.397 e. The lowest BCUT2D eigenvalue weighted by Crippen LogP contribution is -2.66. The molecule has 4 saturated heterocycles. The molecule has 4 aliphatic carbocycles. The molecular formula is C49H80O23S. The normalized spacial score (nSPS) is 50.3. The number of hydrogen-bond donors (Lipinski definition) is 11. The molecule has 0 aromatic heterocycles. The van der Waals surface area contributed by atoms with Crippen LogP contribution in [0.1, 0.15) is 106 Å². The first kappa shape index (κ1) is 57.7. The standard InChI is InChI=1S/C49H80O23S/c1-20(2)14-23(50)17-49(7,60)32-9-8-26-25-16-30(28-15-24(72-73(61,62)63)10-12-47(28,5)27(25)11-13-48(26,32)6)68-45-40(59)41(34(53)22(4)67-45)70-46-42(71-44-39(58)37(56)33(52)21(3)66-44)36(55)31(19-65-46)69-43-38(57)35(54)29(51)18-64-43/h11,20-22,24-26,28-46,51-60H,8-10,12-19H2,1-7H3,(H,61,62,63)/t21-,22-,24+,25+,26+,28-,29-,30+,31-,32+,33-,34-,35+,36+,37+,38-,39-,40-,41+,42-,43+,44+,45+,46+,47-,48+,49+/m1/s1. The van der Waals surface area contributed by atoms with E-state index in [4.69, 9.17) is 42.1 Å². The summed E-state index contributed by atoms with van der Waals surface area (Å²) in [5.74, 6) is -0.571. The van der Waals surface area contributed by atoms with Crippen molar-refractivity contribution in [2.45, 2.75) is 235 Å². The van der Waals surface area contributed by atoms with Crippen molar-refractivity contribution in [3.8, 4) is 0 Å². The van der Waals surface area contributed by atoms with Crippen molar-refractivity contribution in [3.05, 3.63) is 11.6 Å². The molecule has 0 unspecified atom stereocenters. The van der Waals surface area contributed by atoms with Crippen molar-refractivity contribution < 1.29 is 111 Å². The molecule has 3 saturated carbocycles. The van der Waals surface area contributed by atoms with Crippen LogP contribution in [0.15, 0.2) is 11.6 Å². The van der Waals surface area contributed by atoms with Crippen LogP contribution in [0.3, 0.4) is 0 Å². The number of fused-ring (bicyclic) bond motifs is 5. The quantitative estimate of drug-likeness (QED) is 0.0700. The van der Waals surface area contributed by atoms with Crippen molar-refractivity contribution in [2.75, 3.05) is 13.2 Å². The Morgan fingerprint density at radius 2 is 1.34 bits per heavy atom. The SMILES string of the molecule is CC(C)CC(=O)C[C@](C)(O)[C@H]1CC[C@H]2[C@@H]3C[C@H](O[C@@H]4O[C@H](C)[C@@H](O)[C@H](O[C@@H]5OC[C@@H](O[C@@H]6OC[C@@H](O)[C@H](O)[C@H]6O)[C@H](O)[C@H]5O[C@@H]5O[C@H](C)[C@@H](O)[C@H](O)[C@H]5O)[C@H]4O)[C@H]4C[C@@H](OS(=O)(=O)O)CC[C@]4(C)C3=CC[C@@]21C. The molecule has 7 fully saturated rings. The number of ether oxygens (including phenoxy) is 8. The van der Waals surface area contributed by atoms with Gasteiger partial charge in [0.15, 0.2) is 25.2 Å². The molecule has 0 bridgehead atoms. The molecule has 0 radical (unpaired) electrons. The van der Waals surface area contributed by atoms with Crippen LogP contribution in [0, 0.1) is 40.4 Å². The highest BCUT2D eigenvalue weighted by atomic mass is 32.3. The molecule has 23 nitrogen and oxygen atoms in total. The Kier molecular flexibility index (Phi) is 17.4. The highest BCUT2D eigenvalue weighted by Crippen LogP contribution is 2.67. The summed E-state index contributed by atoms with van der Waals surface area (Å²) >= 11 is 0. The van der Waals surface area contributed by atoms with Crippen LogP contribution < -0.4 is 0 Å². The topological polar surface area (TPSA) is 357 Å². The minimum atomic E-state index is -4.84. The maximum Gasteiger partial charge on any atom is 0.397 e. The second-order valence-electron chi connectivity index (χ2n) is 23.4. The second-order valence-corrected chi connectivity index (χ2v) is 24.5. The third-order valence-corrected chi connectivity index (χ3v) is 18.3. The molecule has 420 valence electrons. The number of carbonyl (C=O) groups excluding carboxylic acids is 1. The van der Waals surface area contributed by atoms with Crippen molar-refractivity contribution in [2.24, 2.45) is 40.4 Å². The molecule has 73 heavy (non-hydrogen) atoms. The summed E-state index contributed by atoms with van der Waals surface area (Å²) in [5, 5.41) is 111. The van der Waals surface area contributed by atoms with Crippen molar-refractivity contribution in [3.63, 3.8) is 0 Å². The van der Waals surface area contributed by atoms with Crippen molar-refractivity contribution in [1.29, 1.82) is 0 Å². The van der Waals surface area contributed by atoms with E-state index in [2.05, 4.69) is 19.9 Å². The van der Waals surface area contributed by atoms with Gasteiger partial charge in [0.2, 0.25) is 0 Å². The van der Waals surface area contributed by atoms with E-state index in [1.165, 1.54) is 19.4 Å². The lowest BCUT2D eigenvalue weighted by Gasteiger charge is -2.60. The van der Waals surface area contributed by atoms with Gasteiger partial charge in [0.05, 0.1) is 43.2 Å². The molecule has 27 atom stereocenters. The number of hydrogen-bond acceptors (Lipinski definition) is 22. The van der Waals surface area contributed by atoms with Gasteiger partial charge in [-0.05, 0) is 106 Å². The van der Waals surface area contributed by atoms with Gasteiger partial charge in [-0.2, -0.15) is 8.42 Å². The van der Waals surface area contributed by atoms with Gasteiger partial charge in [-0.3, -0.25) is 9.35 Å². The summed E-state index contributed by atoms with van der Waals surface area (Å²) in [7, 11) is -4.84. The minimum Gasteiger partial charge on any atom is -0.389 e. The maximum atomic E-state index is 13.1. The van der Waals surface area contributed by atoms with Crippen LogP contribution in [-0.2, 0) is 57.3 Å². The van der Waals surface area contributed by atoms with Gasteiger partial charge in [-0.1, -0.05) is 39.3 Å². The summed E-state index contributed by atoms with van der Waals surface area (Å²) < 4.78 is 87.4. The fourth-order valence-corrected chi connectivity index (χ4v) is 14.6. The molecule has 8 aliphatic rings. The summed E-state index contributed by atoms with van der Waals surface area (Å²) in [6, 6.07) is 0. The van der Waals surface area contributed by atoms with Gasteiger partial charge in [0.25, 0.3) is 0 Å². The Morgan fingerprint density at radius 1 is 0.726 bits per heavy atom. The van der Waals surface area contributed by atoms with Crippen LogP contribution in [0.25, 0.3) is 0 Å². The van der Waals surface area contributed by atoms with Gasteiger partial charge >= 0.3 is 10.4 Å². The molecule has 4 aliphatic heterocycles. The Labute approximate surface area is 425 Å². The van der Waals surface area contributed by atoms with E-state index < -0.39 is 169 Å². The average molecular weight is 1070 g/mol. The zero-order chi connectivity index (χ0) is 53.4. The molecule has 0 aromatic rings. The number of ketones is 1. The molecule has 11 N–H and O–H groups in total. The van der Waals surface area contributed by atoms with Gasteiger partial charge in [-0.15, -0.1) is 0 Å². The molecular weight excluding hydrogens is 989 g/mol. The number of carbonyl (C=O) groups is 1. The first-order valence-electron chi connectivity index (χ1n) is 25.9. The summed E-state index contributed by atoms with van der Waals surface area (Å²) in [6.45, 7) is 12.0. The lowest BCUT2D eigenvalue weighted by molar-refractivity contribution is -0.388. The number of allylic oxidation sites excluding steroid dienone is 2. The fraction of sp³-hybridized carbons (Fsp3) is 0.939. The van der Waals surface area contributed by atoms with E-state index in [0.29, 0.717) is 38.5 Å². The first-order chi connectivity index (χ1) is 34.0. The van der Waals surface area contributed by atoms with E-state index in [9.17, 15) is 68.8 Å². The van der Waals surface area contributed by atoms with Gasteiger partial charge in [0.1, 0.15) is 79.0 Å². The van der Waals surface area contributed by atoms with E-state index in [1.807, 2.05) is 13.8 Å². The number of rotatable bonds is 15. The van der Waals surface area contributed by atoms with Crippen LogP contribution in [0.2, 0.25) is 0 Å². The van der Waals surface area contributed by atoms with Gasteiger partial charge in [-0.25, -0.2) is 4.18 Å². The smallest absolute Gasteiger partial charge is 0.389 e. The predicted molar refractivity (Wildman–Crippen MR) is 248 cm³/mol. The highest BCUT2D eigenvalue weighted by molar-refractivity contribution is 7.80. The average Bonchev–Trinajstić information content (AvgIpc) is 3.67. The van der Waals surface area contributed by atoms with E-state index >= 15 is 0 Å². The van der Waals surface area contributed by atoms with E-state index in [0.717, 1.165) is 6.42 Å². The molecule has 4 heterocycles. The lowest BCUT2D eigenvalue weighted by atomic mass is 9.47. The first-order valence-corrected chi connectivity index (χ1v) is 27.3. The van der Waals surface area contributed by atoms with Crippen molar-refractivity contribution in [1.82, 2.24) is 0 Å². The molecule has 0 aromatic carbocycles. The summed E-state index contributed by atoms with van der Waals surface area (Å²) in [6.07, 6.45) is -24.3.